The summed E-state index contributed by atoms with van der Waals surface area (Å²) in [4.78, 5) is 12.2. The molecule has 0 aromatic heterocycles. The molecule has 110 valence electrons. The predicted molar refractivity (Wildman–Crippen MR) is 81.6 cm³/mol. The van der Waals surface area contributed by atoms with E-state index in [2.05, 4.69) is 20.8 Å². The Morgan fingerprint density at radius 3 is 2.65 bits per heavy atom. The summed E-state index contributed by atoms with van der Waals surface area (Å²) in [5.41, 5.74) is 8.26. The van der Waals surface area contributed by atoms with E-state index in [4.69, 9.17) is 10.5 Å². The third kappa shape index (κ3) is 3.53. The van der Waals surface area contributed by atoms with Crippen LogP contribution in [0.5, 0.6) is 0 Å². The van der Waals surface area contributed by atoms with Crippen LogP contribution in [0, 0.1) is 18.3 Å². The van der Waals surface area contributed by atoms with E-state index in [9.17, 15) is 4.79 Å². The molecule has 2 N–H and O–H groups in total. The highest BCUT2D eigenvalue weighted by Crippen LogP contribution is 2.39. The molecule has 0 saturated heterocycles. The fraction of sp³-hybridized carbons (Fsp3) is 0.588. The standard InChI is InChI=1S/C17H25NO2/c1-11-7-14(10-17(3,4)9-11)20-16(19)13-6-5-12(2)15(18)8-13/h5-6,8,11,14H,7,9-10,18H2,1-4H3. The van der Waals surface area contributed by atoms with Gasteiger partial charge in [-0.25, -0.2) is 4.79 Å². The molecular weight excluding hydrogens is 250 g/mol. The number of hydrogen-bond acceptors (Lipinski definition) is 3. The summed E-state index contributed by atoms with van der Waals surface area (Å²) < 4.78 is 5.68. The number of carbonyl (C=O) groups excluding carboxylic acids is 1. The molecule has 0 aliphatic heterocycles. The maximum atomic E-state index is 12.2. The minimum atomic E-state index is -0.258. The SMILES string of the molecule is Cc1ccc(C(=O)OC2CC(C)CC(C)(C)C2)cc1N. The third-order valence-corrected chi connectivity index (χ3v) is 4.14. The van der Waals surface area contributed by atoms with Gasteiger partial charge in [0, 0.05) is 5.69 Å². The van der Waals surface area contributed by atoms with Crippen molar-refractivity contribution in [1.29, 1.82) is 0 Å². The van der Waals surface area contributed by atoms with Gasteiger partial charge in [0.05, 0.1) is 5.56 Å². The number of rotatable bonds is 2. The summed E-state index contributed by atoms with van der Waals surface area (Å²) in [6.07, 6.45) is 3.10. The molecule has 2 atom stereocenters. The highest BCUT2D eigenvalue weighted by atomic mass is 16.5. The molecule has 3 nitrogen and oxygen atoms in total. The molecule has 3 heteroatoms. The second-order valence-electron chi connectivity index (χ2n) is 7.01. The van der Waals surface area contributed by atoms with Gasteiger partial charge >= 0.3 is 5.97 Å². The molecule has 0 radical (unpaired) electrons. The van der Waals surface area contributed by atoms with Gasteiger partial charge in [0.2, 0.25) is 0 Å². The molecule has 1 aromatic carbocycles. The first-order valence-electron chi connectivity index (χ1n) is 7.34. The fourth-order valence-electron chi connectivity index (χ4n) is 3.34. The lowest BCUT2D eigenvalue weighted by atomic mass is 9.71. The average Bonchev–Trinajstić information content (AvgIpc) is 2.29. The predicted octanol–water partition coefficient (Wildman–Crippen LogP) is 3.95. The summed E-state index contributed by atoms with van der Waals surface area (Å²) in [6.45, 7) is 8.64. The van der Waals surface area contributed by atoms with E-state index in [0.29, 0.717) is 17.2 Å². The lowest BCUT2D eigenvalue weighted by Crippen LogP contribution is -2.34. The van der Waals surface area contributed by atoms with Crippen LogP contribution in [0.25, 0.3) is 0 Å². The first-order valence-corrected chi connectivity index (χ1v) is 7.34. The molecule has 1 aromatic rings. The number of nitrogens with two attached hydrogens (primary N) is 1. The number of hydrogen-bond donors (Lipinski definition) is 1. The smallest absolute Gasteiger partial charge is 0.338 e. The minimum absolute atomic E-state index is 0.0174. The molecule has 1 aliphatic rings. The number of aryl methyl sites for hydroxylation is 1. The Balaban J connectivity index is 2.05. The van der Waals surface area contributed by atoms with Crippen molar-refractivity contribution in [3.05, 3.63) is 29.3 Å². The van der Waals surface area contributed by atoms with Crippen LogP contribution in [0.15, 0.2) is 18.2 Å². The summed E-state index contributed by atoms with van der Waals surface area (Å²) >= 11 is 0. The summed E-state index contributed by atoms with van der Waals surface area (Å²) in [7, 11) is 0. The molecule has 1 saturated carbocycles. The molecule has 0 spiro atoms. The number of esters is 1. The first-order chi connectivity index (χ1) is 9.27. The largest absolute Gasteiger partial charge is 0.459 e. The second kappa shape index (κ2) is 5.47. The van der Waals surface area contributed by atoms with Crippen molar-refractivity contribution in [2.24, 2.45) is 11.3 Å². The summed E-state index contributed by atoms with van der Waals surface area (Å²) in [6, 6.07) is 5.35. The zero-order valence-electron chi connectivity index (χ0n) is 12.9. The Labute approximate surface area is 121 Å². The maximum absolute atomic E-state index is 12.2. The molecule has 20 heavy (non-hydrogen) atoms. The monoisotopic (exact) mass is 275 g/mol. The molecule has 1 fully saturated rings. The van der Waals surface area contributed by atoms with Crippen LogP contribution >= 0.6 is 0 Å². The fourth-order valence-corrected chi connectivity index (χ4v) is 3.34. The Morgan fingerprint density at radius 1 is 1.35 bits per heavy atom. The van der Waals surface area contributed by atoms with Gasteiger partial charge in [0.25, 0.3) is 0 Å². The van der Waals surface area contributed by atoms with Crippen LogP contribution in [-0.2, 0) is 4.74 Å². The van der Waals surface area contributed by atoms with Gasteiger partial charge in [-0.05, 0) is 55.2 Å². The van der Waals surface area contributed by atoms with Gasteiger partial charge in [0.15, 0.2) is 0 Å². The highest BCUT2D eigenvalue weighted by Gasteiger charge is 2.34. The summed E-state index contributed by atoms with van der Waals surface area (Å²) in [5.74, 6) is 0.339. The summed E-state index contributed by atoms with van der Waals surface area (Å²) in [5, 5.41) is 0. The maximum Gasteiger partial charge on any atom is 0.338 e. The van der Waals surface area contributed by atoms with Crippen LogP contribution in [0.1, 0.15) is 56.0 Å². The number of carbonyl (C=O) groups is 1. The minimum Gasteiger partial charge on any atom is -0.459 e. The topological polar surface area (TPSA) is 52.3 Å². The number of anilines is 1. The first kappa shape index (κ1) is 14.9. The van der Waals surface area contributed by atoms with E-state index >= 15 is 0 Å². The number of nitrogen functional groups attached to an aromatic ring is 1. The van der Waals surface area contributed by atoms with E-state index in [-0.39, 0.29) is 17.5 Å². The molecular formula is C17H25NO2. The van der Waals surface area contributed by atoms with E-state index in [1.165, 1.54) is 6.42 Å². The van der Waals surface area contributed by atoms with E-state index in [0.717, 1.165) is 18.4 Å². The van der Waals surface area contributed by atoms with Crippen LogP contribution in [-0.4, -0.2) is 12.1 Å². The van der Waals surface area contributed by atoms with Crippen molar-refractivity contribution in [3.63, 3.8) is 0 Å². The number of ether oxygens (including phenoxy) is 1. The molecule has 1 aliphatic carbocycles. The van der Waals surface area contributed by atoms with E-state index in [1.807, 2.05) is 13.0 Å². The van der Waals surface area contributed by atoms with Gasteiger partial charge in [-0.3, -0.25) is 0 Å². The van der Waals surface area contributed by atoms with E-state index in [1.54, 1.807) is 12.1 Å². The Morgan fingerprint density at radius 2 is 2.05 bits per heavy atom. The molecule has 2 unspecified atom stereocenters. The van der Waals surface area contributed by atoms with Crippen LogP contribution < -0.4 is 5.73 Å². The molecule has 0 amide bonds. The van der Waals surface area contributed by atoms with Crippen molar-refractivity contribution in [1.82, 2.24) is 0 Å². The van der Waals surface area contributed by atoms with Gasteiger partial charge in [-0.15, -0.1) is 0 Å². The van der Waals surface area contributed by atoms with Gasteiger partial charge in [-0.1, -0.05) is 26.8 Å². The molecule has 0 bridgehead atoms. The van der Waals surface area contributed by atoms with Crippen LogP contribution in [0.3, 0.4) is 0 Å². The Hall–Kier alpha value is -1.51. The molecule has 2 rings (SSSR count). The zero-order chi connectivity index (χ0) is 14.9. The Kier molecular flexibility index (Phi) is 4.07. The second-order valence-corrected chi connectivity index (χ2v) is 7.01. The molecule has 0 heterocycles. The van der Waals surface area contributed by atoms with Gasteiger partial charge in [0.1, 0.15) is 6.10 Å². The normalized spacial score (nSPS) is 25.2. The Bertz CT molecular complexity index is 508. The average molecular weight is 275 g/mol. The van der Waals surface area contributed by atoms with Crippen LogP contribution in [0.2, 0.25) is 0 Å². The van der Waals surface area contributed by atoms with Crippen molar-refractivity contribution in [3.8, 4) is 0 Å². The highest BCUT2D eigenvalue weighted by molar-refractivity contribution is 5.90. The van der Waals surface area contributed by atoms with E-state index < -0.39 is 0 Å². The lowest BCUT2D eigenvalue weighted by molar-refractivity contribution is -0.00714. The van der Waals surface area contributed by atoms with Gasteiger partial charge in [-0.2, -0.15) is 0 Å². The van der Waals surface area contributed by atoms with Crippen molar-refractivity contribution >= 4 is 11.7 Å². The number of benzene rings is 1. The van der Waals surface area contributed by atoms with Crippen molar-refractivity contribution in [2.45, 2.75) is 53.1 Å². The third-order valence-electron chi connectivity index (χ3n) is 4.14. The van der Waals surface area contributed by atoms with Crippen LogP contribution in [0.4, 0.5) is 5.69 Å². The van der Waals surface area contributed by atoms with Crippen molar-refractivity contribution < 1.29 is 9.53 Å². The zero-order valence-corrected chi connectivity index (χ0v) is 12.9. The van der Waals surface area contributed by atoms with Crippen molar-refractivity contribution in [2.75, 3.05) is 5.73 Å². The quantitative estimate of drug-likeness (QED) is 0.657. The lowest BCUT2D eigenvalue weighted by Gasteiger charge is -2.38. The van der Waals surface area contributed by atoms with Gasteiger partial charge < -0.3 is 10.5 Å².